The van der Waals surface area contributed by atoms with Gasteiger partial charge in [-0.25, -0.2) is 15.0 Å². The molecule has 0 atom stereocenters. The standard InChI is InChI=1S/3C33H20N2.15C2H6/c1-3-9-22-20(8-1)18-26-24(22)15-16-29-31(26)25-14-13-21-17-19-7-2-4-10-23(19)30(21)32(25)33-34-27-11-5-6-12-28(27)35(29)33;1-3-9-23-19(7-1)18-22-14-16-28-31(29(22)23)25-15-13-21-17-20-8-2-4-10-24(20)30(21)32(25)33-34-26-11-5-6-12-27(26)35(28)33;1-3-9-23-19(7-1)16-22-17-26-27(18-25(22)23)33-34-28-11-5-6-12-29(28)35(33)30-14-13-21-15-20-8-2-4-10-24(20)31(21)32(26)30;15*1-2/h2*1-16H,17-18H2;1-14,17-18H,15-16H2;15*1-2H3. The van der Waals surface area contributed by atoms with E-state index in [4.69, 9.17) is 15.0 Å². The van der Waals surface area contributed by atoms with Crippen LogP contribution in [-0.2, 0) is 38.5 Å². The maximum atomic E-state index is 5.24. The van der Waals surface area contributed by atoms with Crippen LogP contribution in [0.3, 0.4) is 0 Å². The van der Waals surface area contributed by atoms with Crippen molar-refractivity contribution in [3.05, 3.63) is 358 Å². The fourth-order valence-electron chi connectivity index (χ4n) is 20.3. The van der Waals surface area contributed by atoms with Crippen molar-refractivity contribution in [2.24, 2.45) is 0 Å². The molecular weight excluding hydrogens is 1630 g/mol. The van der Waals surface area contributed by atoms with Crippen molar-refractivity contribution in [2.45, 2.75) is 246 Å². The zero-order valence-corrected chi connectivity index (χ0v) is 87.1. The van der Waals surface area contributed by atoms with E-state index in [9.17, 15) is 0 Å². The van der Waals surface area contributed by atoms with Gasteiger partial charge in [-0.15, -0.1) is 0 Å². The summed E-state index contributed by atoms with van der Waals surface area (Å²) in [6, 6.07) is 107. The summed E-state index contributed by atoms with van der Waals surface area (Å²) in [4.78, 5) is 15.7. The van der Waals surface area contributed by atoms with Gasteiger partial charge in [0, 0.05) is 32.3 Å². The molecule has 6 aromatic heterocycles. The monoisotopic (exact) mass is 1780 g/mol. The van der Waals surface area contributed by atoms with E-state index in [-0.39, 0.29) is 0 Å². The molecule has 0 radical (unpaired) electrons. The van der Waals surface area contributed by atoms with Gasteiger partial charge in [-0.05, 0) is 255 Å². The molecule has 0 bridgehead atoms. The van der Waals surface area contributed by atoms with Crippen molar-refractivity contribution in [1.29, 1.82) is 0 Å². The van der Waals surface area contributed by atoms with Crippen molar-refractivity contribution < 1.29 is 0 Å². The van der Waals surface area contributed by atoms with Crippen molar-refractivity contribution in [3.63, 3.8) is 0 Å². The van der Waals surface area contributed by atoms with Crippen LogP contribution in [0.2, 0.25) is 0 Å². The molecule has 0 amide bonds. The summed E-state index contributed by atoms with van der Waals surface area (Å²) < 4.78 is 7.22. The van der Waals surface area contributed by atoms with Crippen LogP contribution >= 0.6 is 0 Å². The number of fused-ring (bicyclic) bond motifs is 47. The van der Waals surface area contributed by atoms with E-state index in [0.717, 1.165) is 72.0 Å². The summed E-state index contributed by atoms with van der Waals surface area (Å²) in [6.07, 6.45) is 5.95. The molecule has 0 aliphatic heterocycles. The quantitative estimate of drug-likeness (QED) is 0.142. The minimum atomic E-state index is 0.976. The molecule has 135 heavy (non-hydrogen) atoms. The Hall–Kier alpha value is -13.3. The molecule has 0 fully saturated rings. The first-order valence-electron chi connectivity index (χ1n) is 52.0. The Kier molecular flexibility index (Phi) is 37.7. The molecule has 21 aromatic rings. The summed E-state index contributed by atoms with van der Waals surface area (Å²) in [7, 11) is 0. The van der Waals surface area contributed by atoms with E-state index in [0.29, 0.717) is 0 Å². The fourth-order valence-corrected chi connectivity index (χ4v) is 20.3. The highest BCUT2D eigenvalue weighted by molar-refractivity contribution is 6.26. The smallest absolute Gasteiger partial charge is 0.147 e. The molecule has 0 N–H and O–H groups in total. The Balaban J connectivity index is 0.000000184. The normalized spacial score (nSPS) is 11.2. The van der Waals surface area contributed by atoms with Gasteiger partial charge in [-0.2, -0.15) is 0 Å². The van der Waals surface area contributed by atoms with Gasteiger partial charge in [0.15, 0.2) is 0 Å². The van der Waals surface area contributed by atoms with Crippen LogP contribution < -0.4 is 0 Å². The Labute approximate surface area is 808 Å². The molecule has 0 spiro atoms. The van der Waals surface area contributed by atoms with Gasteiger partial charge in [-0.1, -0.05) is 432 Å². The van der Waals surface area contributed by atoms with Gasteiger partial charge in [0.25, 0.3) is 0 Å². The number of benzene rings is 15. The zero-order valence-electron chi connectivity index (χ0n) is 87.1. The zero-order chi connectivity index (χ0) is 98.0. The topological polar surface area (TPSA) is 51.9 Å². The summed E-state index contributed by atoms with van der Waals surface area (Å²) in [5.41, 5.74) is 47.1. The predicted molar refractivity (Wildman–Crippen MR) is 603 cm³/mol. The summed E-state index contributed by atoms with van der Waals surface area (Å²) in [6.45, 7) is 60.0. The Bertz CT molecular complexity index is 7610. The van der Waals surface area contributed by atoms with Crippen LogP contribution in [-0.4, -0.2) is 28.2 Å². The van der Waals surface area contributed by atoms with Crippen molar-refractivity contribution >= 4 is 115 Å². The van der Waals surface area contributed by atoms with Crippen LogP contribution in [0, 0.1) is 0 Å². The average molecular weight is 1780 g/mol. The summed E-state index contributed by atoms with van der Waals surface area (Å²) >= 11 is 0. The second-order valence-electron chi connectivity index (χ2n) is 29.9. The summed E-state index contributed by atoms with van der Waals surface area (Å²) in [5, 5.41) is 11.9. The van der Waals surface area contributed by atoms with Gasteiger partial charge in [0.2, 0.25) is 0 Å². The highest BCUT2D eigenvalue weighted by atomic mass is 15.0. The molecular formula is C129H150N6. The number of aromatic nitrogens is 6. The lowest BCUT2D eigenvalue weighted by atomic mass is 9.92. The molecule has 6 heterocycles. The Morgan fingerprint density at radius 2 is 0.422 bits per heavy atom. The molecule has 27 rings (SSSR count). The van der Waals surface area contributed by atoms with Gasteiger partial charge in [0.05, 0.1) is 49.7 Å². The van der Waals surface area contributed by atoms with Crippen LogP contribution in [0.5, 0.6) is 0 Å². The average Bonchev–Trinajstić information content (AvgIpc) is 1.56. The van der Waals surface area contributed by atoms with Crippen molar-refractivity contribution in [1.82, 2.24) is 28.2 Å². The lowest BCUT2D eigenvalue weighted by Gasteiger charge is -2.16. The number of pyridine rings is 3. The van der Waals surface area contributed by atoms with Crippen molar-refractivity contribution in [2.75, 3.05) is 0 Å². The molecule has 0 saturated heterocycles. The maximum Gasteiger partial charge on any atom is 0.147 e. The number of para-hydroxylation sites is 6. The molecule has 6 aliphatic rings. The van der Waals surface area contributed by atoms with Gasteiger partial charge < -0.3 is 0 Å². The number of hydrogen-bond acceptors (Lipinski definition) is 3. The van der Waals surface area contributed by atoms with Crippen molar-refractivity contribution in [3.8, 4) is 66.8 Å². The first-order valence-corrected chi connectivity index (χ1v) is 52.0. The van der Waals surface area contributed by atoms with Gasteiger partial charge in [-0.3, -0.25) is 13.2 Å². The van der Waals surface area contributed by atoms with Gasteiger partial charge >= 0.3 is 0 Å². The third kappa shape index (κ3) is 18.1. The molecule has 696 valence electrons. The van der Waals surface area contributed by atoms with E-state index < -0.39 is 0 Å². The number of imidazole rings is 3. The van der Waals surface area contributed by atoms with E-state index in [1.54, 1.807) is 0 Å². The van der Waals surface area contributed by atoms with E-state index in [1.807, 2.05) is 208 Å². The fraction of sp³-hybridized carbons (Fsp3) is 0.279. The third-order valence-electron chi connectivity index (χ3n) is 24.6. The second kappa shape index (κ2) is 49.1. The third-order valence-corrected chi connectivity index (χ3v) is 24.6. The minimum Gasteiger partial charge on any atom is -0.292 e. The van der Waals surface area contributed by atoms with Gasteiger partial charge in [0.1, 0.15) is 16.9 Å². The highest BCUT2D eigenvalue weighted by Gasteiger charge is 2.33. The number of nitrogens with zero attached hydrogens (tertiary/aromatic N) is 6. The number of rotatable bonds is 0. The predicted octanol–water partition coefficient (Wildman–Crippen LogP) is 39.2. The SMILES string of the molecule is CC.CC.CC.CC.CC.CC.CC.CC.CC.CC.CC.CC.CC.CC.CC.c1ccc2c(c1)Cc1c-2ccc2c1c1ccc3c(c1c1nc4ccccc4n21)-c1ccccc1C3.c1ccc2c(c1)Cc1cc3c(cc1-2)c1nc2ccccc2n1c1ccc2c(c31)-c1ccccc1C2.c1ccc2c(c1)Cc1ccc3c(c1-2)c1ccc2c(c1c1nc4ccccc4n31)-c1ccccc1C2. The molecule has 15 aromatic carbocycles. The van der Waals surface area contributed by atoms with E-state index in [2.05, 4.69) is 304 Å². The lowest BCUT2D eigenvalue weighted by Crippen LogP contribution is -1.97. The minimum absolute atomic E-state index is 0.976. The lowest BCUT2D eigenvalue weighted by molar-refractivity contribution is 1.26. The number of hydrogen-bond donors (Lipinski definition) is 0. The molecule has 6 aliphatic carbocycles. The largest absolute Gasteiger partial charge is 0.292 e. The van der Waals surface area contributed by atoms with Crippen LogP contribution in [0.1, 0.15) is 274 Å². The first-order chi connectivity index (χ1) is 67.1. The first kappa shape index (κ1) is 104. The maximum absolute atomic E-state index is 5.24. The second-order valence-corrected chi connectivity index (χ2v) is 29.9. The Morgan fingerprint density at radius 1 is 0.163 bits per heavy atom. The van der Waals surface area contributed by atoms with Crippen LogP contribution in [0.25, 0.3) is 182 Å². The van der Waals surface area contributed by atoms with Crippen LogP contribution in [0.15, 0.2) is 291 Å². The molecule has 0 unspecified atom stereocenters. The Morgan fingerprint density at radius 3 is 0.800 bits per heavy atom. The van der Waals surface area contributed by atoms with E-state index >= 15 is 0 Å². The van der Waals surface area contributed by atoms with Crippen LogP contribution in [0.4, 0.5) is 0 Å². The highest BCUT2D eigenvalue weighted by Crippen LogP contribution is 2.54. The molecule has 0 saturated carbocycles. The molecule has 6 nitrogen and oxygen atoms in total. The molecule has 6 heteroatoms. The van der Waals surface area contributed by atoms with E-state index in [1.165, 1.54) is 215 Å². The summed E-state index contributed by atoms with van der Waals surface area (Å²) in [5.74, 6) is 0.